The van der Waals surface area contributed by atoms with Crippen LogP contribution in [0.5, 0.6) is 5.75 Å². The molecule has 0 saturated carbocycles. The summed E-state index contributed by atoms with van der Waals surface area (Å²) in [5.74, 6) is -0.469. The minimum absolute atomic E-state index is 0. The highest BCUT2D eigenvalue weighted by atomic mass is 35.5. The van der Waals surface area contributed by atoms with Crippen molar-refractivity contribution < 1.29 is 27.4 Å². The van der Waals surface area contributed by atoms with E-state index in [1.165, 1.54) is 13.2 Å². The van der Waals surface area contributed by atoms with E-state index in [9.17, 15) is 18.0 Å². The van der Waals surface area contributed by atoms with Crippen molar-refractivity contribution in [2.75, 3.05) is 20.3 Å². The smallest absolute Gasteiger partial charge is 0.416 e. The van der Waals surface area contributed by atoms with Crippen molar-refractivity contribution in [3.63, 3.8) is 0 Å². The molecule has 2 aliphatic rings. The lowest BCUT2D eigenvalue weighted by atomic mass is 9.79. The van der Waals surface area contributed by atoms with Gasteiger partial charge >= 0.3 is 12.1 Å². The molecule has 1 unspecified atom stereocenters. The predicted molar refractivity (Wildman–Crippen MR) is 73.2 cm³/mol. The quantitative estimate of drug-likeness (QED) is 0.797. The number of hydrogen-bond acceptors (Lipinski definition) is 5. The number of rotatable bonds is 1. The summed E-state index contributed by atoms with van der Waals surface area (Å²) in [6.07, 6.45) is -4.45. The Kier molecular flexibility index (Phi) is 3.99. The third-order valence-electron chi connectivity index (χ3n) is 3.64. The van der Waals surface area contributed by atoms with Crippen LogP contribution in [0.3, 0.4) is 0 Å². The molecule has 5 nitrogen and oxygen atoms in total. The standard InChI is InChI=1S/C13H11F3N2O3.ClH/c1-20-11(19)12-5-17-18-10(12)8-3-2-7(13(14,15)16)4-9(8)21-6-12;/h2-4,17H,5-6H2,1H3;1H. The number of esters is 1. The van der Waals surface area contributed by atoms with Crippen LogP contribution in [0.15, 0.2) is 23.3 Å². The van der Waals surface area contributed by atoms with E-state index in [1.54, 1.807) is 0 Å². The second-order valence-corrected chi connectivity index (χ2v) is 4.87. The van der Waals surface area contributed by atoms with E-state index in [-0.39, 0.29) is 31.3 Å². The van der Waals surface area contributed by atoms with Crippen LogP contribution in [-0.4, -0.2) is 31.9 Å². The molecule has 22 heavy (non-hydrogen) atoms. The van der Waals surface area contributed by atoms with Gasteiger partial charge in [-0.25, -0.2) is 0 Å². The van der Waals surface area contributed by atoms with E-state index < -0.39 is 23.1 Å². The number of carbonyl (C=O) groups excluding carboxylic acids is 1. The van der Waals surface area contributed by atoms with Crippen LogP contribution in [-0.2, 0) is 15.7 Å². The Balaban J connectivity index is 0.00000176. The monoisotopic (exact) mass is 336 g/mol. The van der Waals surface area contributed by atoms with Crippen molar-refractivity contribution in [2.24, 2.45) is 10.5 Å². The molecule has 0 bridgehead atoms. The summed E-state index contributed by atoms with van der Waals surface area (Å²) in [5, 5.41) is 4.04. The molecule has 2 heterocycles. The minimum atomic E-state index is -4.45. The van der Waals surface area contributed by atoms with Gasteiger partial charge in [0.2, 0.25) is 0 Å². The zero-order chi connectivity index (χ0) is 15.3. The number of benzene rings is 1. The van der Waals surface area contributed by atoms with E-state index in [2.05, 4.69) is 10.5 Å². The van der Waals surface area contributed by atoms with Gasteiger partial charge in [0.25, 0.3) is 0 Å². The molecule has 1 atom stereocenters. The first-order valence-electron chi connectivity index (χ1n) is 6.12. The molecule has 0 aromatic heterocycles. The van der Waals surface area contributed by atoms with Gasteiger partial charge < -0.3 is 14.9 Å². The summed E-state index contributed by atoms with van der Waals surface area (Å²) >= 11 is 0. The van der Waals surface area contributed by atoms with Gasteiger partial charge in [-0.05, 0) is 18.2 Å². The molecule has 0 fully saturated rings. The number of hydrazone groups is 1. The largest absolute Gasteiger partial charge is 0.491 e. The number of ether oxygens (including phenoxy) is 2. The molecule has 9 heteroatoms. The van der Waals surface area contributed by atoms with Gasteiger partial charge in [-0.3, -0.25) is 4.79 Å². The molecule has 3 rings (SSSR count). The van der Waals surface area contributed by atoms with Gasteiger partial charge in [0.15, 0.2) is 5.41 Å². The summed E-state index contributed by atoms with van der Waals surface area (Å²) in [4.78, 5) is 12.0. The number of halogens is 4. The molecular formula is C13H12ClF3N2O3. The van der Waals surface area contributed by atoms with Crippen LogP contribution in [0.2, 0.25) is 0 Å². The van der Waals surface area contributed by atoms with Gasteiger partial charge in [-0.1, -0.05) is 0 Å². The fourth-order valence-corrected chi connectivity index (χ4v) is 2.52. The van der Waals surface area contributed by atoms with E-state index in [0.717, 1.165) is 12.1 Å². The molecule has 0 spiro atoms. The Morgan fingerprint density at radius 3 is 2.82 bits per heavy atom. The fourth-order valence-electron chi connectivity index (χ4n) is 2.52. The van der Waals surface area contributed by atoms with Crippen LogP contribution >= 0.6 is 12.4 Å². The second-order valence-electron chi connectivity index (χ2n) is 4.87. The maximum absolute atomic E-state index is 12.7. The molecule has 1 N–H and O–H groups in total. The van der Waals surface area contributed by atoms with E-state index in [1.807, 2.05) is 0 Å². The molecular weight excluding hydrogens is 325 g/mol. The third-order valence-corrected chi connectivity index (χ3v) is 3.64. The fraction of sp³-hybridized carbons (Fsp3) is 0.385. The van der Waals surface area contributed by atoms with Crippen molar-refractivity contribution in [1.29, 1.82) is 0 Å². The molecule has 1 aromatic carbocycles. The zero-order valence-electron chi connectivity index (χ0n) is 11.4. The Morgan fingerprint density at radius 2 is 2.18 bits per heavy atom. The molecule has 1 aromatic rings. The first-order valence-corrected chi connectivity index (χ1v) is 6.12. The molecule has 120 valence electrons. The van der Waals surface area contributed by atoms with Crippen molar-refractivity contribution in [3.8, 4) is 5.75 Å². The van der Waals surface area contributed by atoms with Crippen molar-refractivity contribution >= 4 is 24.1 Å². The van der Waals surface area contributed by atoms with E-state index in [0.29, 0.717) is 11.3 Å². The van der Waals surface area contributed by atoms with Crippen molar-refractivity contribution in [2.45, 2.75) is 6.18 Å². The SMILES string of the molecule is COC(=O)C12CNN=C1c1ccc(C(F)(F)F)cc1OC2.Cl. The average molecular weight is 337 g/mol. The molecule has 0 saturated heterocycles. The Labute approximate surface area is 129 Å². The van der Waals surface area contributed by atoms with Gasteiger partial charge in [0, 0.05) is 5.56 Å². The van der Waals surface area contributed by atoms with Gasteiger partial charge in [-0.15, -0.1) is 12.4 Å². The van der Waals surface area contributed by atoms with Gasteiger partial charge in [0.1, 0.15) is 12.4 Å². The van der Waals surface area contributed by atoms with Crippen LogP contribution < -0.4 is 10.2 Å². The highest BCUT2D eigenvalue weighted by Gasteiger charge is 2.52. The van der Waals surface area contributed by atoms with Gasteiger partial charge in [-0.2, -0.15) is 18.3 Å². The Bertz CT molecular complexity index is 648. The van der Waals surface area contributed by atoms with Crippen LogP contribution in [0, 0.1) is 5.41 Å². The third kappa shape index (κ3) is 2.27. The molecule has 2 aliphatic heterocycles. The number of nitrogens with one attached hydrogen (secondary N) is 1. The average Bonchev–Trinajstić information content (AvgIpc) is 2.90. The van der Waals surface area contributed by atoms with Crippen molar-refractivity contribution in [3.05, 3.63) is 29.3 Å². The van der Waals surface area contributed by atoms with Crippen LogP contribution in [0.1, 0.15) is 11.1 Å². The summed E-state index contributed by atoms with van der Waals surface area (Å²) in [7, 11) is 1.25. The van der Waals surface area contributed by atoms with Gasteiger partial charge in [0.05, 0.1) is 24.9 Å². The summed E-state index contributed by atoms with van der Waals surface area (Å²) < 4.78 is 48.3. The van der Waals surface area contributed by atoms with E-state index in [4.69, 9.17) is 9.47 Å². The summed E-state index contributed by atoms with van der Waals surface area (Å²) in [5.41, 5.74) is 1.49. The minimum Gasteiger partial charge on any atom is -0.491 e. The number of nitrogens with zero attached hydrogens (tertiary/aromatic N) is 1. The topological polar surface area (TPSA) is 59.9 Å². The number of fused-ring (bicyclic) bond motifs is 3. The molecule has 0 aliphatic carbocycles. The van der Waals surface area contributed by atoms with E-state index >= 15 is 0 Å². The highest BCUT2D eigenvalue weighted by Crippen LogP contribution is 2.41. The normalized spacial score (nSPS) is 22.3. The first-order chi connectivity index (χ1) is 9.88. The Morgan fingerprint density at radius 1 is 1.45 bits per heavy atom. The van der Waals surface area contributed by atoms with Crippen molar-refractivity contribution in [1.82, 2.24) is 5.43 Å². The first kappa shape index (κ1) is 16.4. The van der Waals surface area contributed by atoms with Crippen LogP contribution in [0.25, 0.3) is 0 Å². The second kappa shape index (κ2) is 5.35. The Hall–Kier alpha value is -1.96. The molecule has 0 amide bonds. The summed E-state index contributed by atoms with van der Waals surface area (Å²) in [6, 6.07) is 3.12. The maximum atomic E-state index is 12.7. The lowest BCUT2D eigenvalue weighted by Gasteiger charge is -2.32. The lowest BCUT2D eigenvalue weighted by Crippen LogP contribution is -2.49. The highest BCUT2D eigenvalue weighted by molar-refractivity contribution is 6.18. The number of carbonyl (C=O) groups is 1. The number of alkyl halides is 3. The zero-order valence-corrected chi connectivity index (χ0v) is 12.2. The predicted octanol–water partition coefficient (Wildman–Crippen LogP) is 1.99. The lowest BCUT2D eigenvalue weighted by molar-refractivity contribution is -0.149. The van der Waals surface area contributed by atoms with Crippen LogP contribution in [0.4, 0.5) is 13.2 Å². The number of methoxy groups -OCH3 is 1. The number of hydrogen-bond donors (Lipinski definition) is 1. The molecule has 0 radical (unpaired) electrons. The summed E-state index contributed by atoms with van der Waals surface area (Å²) in [6.45, 7) is 0.0787. The maximum Gasteiger partial charge on any atom is 0.416 e.